The Labute approximate surface area is 294 Å². The number of aromatic nitrogens is 3. The standard InChI is InChI=1S/C38H48ClFN6O2Si/c1-37(2,3)49(4,5)48-22-27-15-17-38(16-8-18-46(27)38)23-47-36-43-34-29(35(44-36)45-20-25-13-14-26(21-45)42-25)19-41-33(32(34)40)28-11-6-9-24-10-7-12-30(39)31(24)28/h6-7,9-12,19,25-27,42H,8,13-18,20-23H2,1-5H3. The number of benzene rings is 2. The molecule has 4 aliphatic rings. The summed E-state index contributed by atoms with van der Waals surface area (Å²) in [5.41, 5.74) is 1.01. The molecule has 260 valence electrons. The van der Waals surface area contributed by atoms with Gasteiger partial charge in [0.2, 0.25) is 0 Å². The van der Waals surface area contributed by atoms with Gasteiger partial charge in [-0.25, -0.2) is 4.39 Å². The quantitative estimate of drug-likeness (QED) is 0.185. The largest absolute Gasteiger partial charge is 0.461 e. The van der Waals surface area contributed by atoms with Crippen LogP contribution in [0.2, 0.25) is 23.2 Å². The molecule has 0 radical (unpaired) electrons. The molecule has 4 aromatic rings. The molecular formula is C38H48ClFN6O2Si. The van der Waals surface area contributed by atoms with Crippen LogP contribution in [0.1, 0.15) is 59.3 Å². The smallest absolute Gasteiger partial charge is 0.319 e. The summed E-state index contributed by atoms with van der Waals surface area (Å²) in [6.45, 7) is 15.4. The Morgan fingerprint density at radius 1 is 1.04 bits per heavy atom. The molecule has 2 bridgehead atoms. The summed E-state index contributed by atoms with van der Waals surface area (Å²) in [5.74, 6) is 0.209. The van der Waals surface area contributed by atoms with Crippen LogP contribution < -0.4 is 15.0 Å². The van der Waals surface area contributed by atoms with E-state index in [1.54, 1.807) is 6.20 Å². The molecule has 0 aliphatic carbocycles. The van der Waals surface area contributed by atoms with Crippen molar-refractivity contribution in [3.8, 4) is 17.3 Å². The first-order valence-electron chi connectivity index (χ1n) is 18.0. The van der Waals surface area contributed by atoms with Gasteiger partial charge in [-0.2, -0.15) is 9.97 Å². The van der Waals surface area contributed by atoms with E-state index in [-0.39, 0.29) is 27.8 Å². The average Bonchev–Trinajstić information content (AvgIpc) is 3.75. The van der Waals surface area contributed by atoms with Crippen LogP contribution in [-0.4, -0.2) is 84.7 Å². The number of nitrogens with zero attached hydrogens (tertiary/aromatic N) is 5. The molecule has 6 heterocycles. The Hall–Kier alpha value is -2.89. The van der Waals surface area contributed by atoms with Crippen molar-refractivity contribution in [3.63, 3.8) is 0 Å². The predicted octanol–water partition coefficient (Wildman–Crippen LogP) is 7.98. The van der Waals surface area contributed by atoms with Gasteiger partial charge in [0.05, 0.1) is 10.9 Å². The van der Waals surface area contributed by atoms with Crippen LogP contribution in [0.15, 0.2) is 42.6 Å². The van der Waals surface area contributed by atoms with E-state index in [1.165, 1.54) is 0 Å². The van der Waals surface area contributed by atoms with Gasteiger partial charge >= 0.3 is 6.01 Å². The van der Waals surface area contributed by atoms with Crippen LogP contribution in [0.3, 0.4) is 0 Å². The van der Waals surface area contributed by atoms with Gasteiger partial charge in [-0.3, -0.25) is 9.88 Å². The number of piperazine rings is 1. The summed E-state index contributed by atoms with van der Waals surface area (Å²) in [6.07, 6.45) is 8.32. The van der Waals surface area contributed by atoms with Crippen LogP contribution in [0.25, 0.3) is 32.9 Å². The van der Waals surface area contributed by atoms with Crippen LogP contribution in [0.5, 0.6) is 6.01 Å². The summed E-state index contributed by atoms with van der Waals surface area (Å²) in [4.78, 5) is 19.4. The van der Waals surface area contributed by atoms with Crippen molar-refractivity contribution in [1.82, 2.24) is 25.2 Å². The van der Waals surface area contributed by atoms with Gasteiger partial charge in [-0.15, -0.1) is 0 Å². The Morgan fingerprint density at radius 2 is 1.80 bits per heavy atom. The molecule has 11 heteroatoms. The molecular weight excluding hydrogens is 655 g/mol. The van der Waals surface area contributed by atoms with E-state index < -0.39 is 14.1 Å². The van der Waals surface area contributed by atoms with E-state index in [1.807, 2.05) is 36.4 Å². The van der Waals surface area contributed by atoms with E-state index in [2.05, 4.69) is 49.0 Å². The van der Waals surface area contributed by atoms with Gasteiger partial charge in [0.25, 0.3) is 0 Å². The summed E-state index contributed by atoms with van der Waals surface area (Å²) >= 11 is 6.67. The highest BCUT2D eigenvalue weighted by atomic mass is 35.5. The van der Waals surface area contributed by atoms with Crippen molar-refractivity contribution in [2.75, 3.05) is 37.7 Å². The first-order chi connectivity index (χ1) is 23.4. The third-order valence-electron chi connectivity index (χ3n) is 12.2. The second-order valence-electron chi connectivity index (χ2n) is 16.3. The predicted molar refractivity (Wildman–Crippen MR) is 198 cm³/mol. The molecule has 4 fully saturated rings. The van der Waals surface area contributed by atoms with Crippen LogP contribution >= 0.6 is 11.6 Å². The fraction of sp³-hybridized carbons (Fsp3) is 0.553. The highest BCUT2D eigenvalue weighted by Gasteiger charge is 2.50. The third kappa shape index (κ3) is 5.91. The summed E-state index contributed by atoms with van der Waals surface area (Å²) in [6, 6.07) is 12.9. The SMILES string of the molecule is CC(C)(C)[Si](C)(C)OCC1CCC2(COc3nc(N4CC5CCC(C4)N5)c4cnc(-c5cccc6cccc(Cl)c56)c(F)c4n3)CCCN12. The summed E-state index contributed by atoms with van der Waals surface area (Å²) < 4.78 is 30.2. The van der Waals surface area contributed by atoms with Crippen molar-refractivity contribution in [2.24, 2.45) is 0 Å². The average molecular weight is 703 g/mol. The van der Waals surface area contributed by atoms with E-state index in [4.69, 9.17) is 35.7 Å². The number of halogens is 2. The molecule has 4 unspecified atom stereocenters. The Kier molecular flexibility index (Phi) is 8.42. The maximum absolute atomic E-state index is 16.9. The third-order valence-corrected chi connectivity index (χ3v) is 17.0. The Morgan fingerprint density at radius 3 is 2.55 bits per heavy atom. The zero-order chi connectivity index (χ0) is 34.1. The maximum Gasteiger partial charge on any atom is 0.319 e. The van der Waals surface area contributed by atoms with Gasteiger partial charge in [0, 0.05) is 60.0 Å². The van der Waals surface area contributed by atoms with Crippen molar-refractivity contribution in [2.45, 2.75) is 101 Å². The van der Waals surface area contributed by atoms with Crippen molar-refractivity contribution in [1.29, 1.82) is 0 Å². The minimum Gasteiger partial charge on any atom is -0.461 e. The lowest BCUT2D eigenvalue weighted by Gasteiger charge is -2.39. The molecule has 4 aliphatic heterocycles. The topological polar surface area (TPSA) is 75.6 Å². The van der Waals surface area contributed by atoms with Crippen molar-refractivity contribution >= 4 is 47.4 Å². The van der Waals surface area contributed by atoms with Gasteiger partial charge in [-0.1, -0.05) is 62.7 Å². The first-order valence-corrected chi connectivity index (χ1v) is 21.3. The number of rotatable bonds is 8. The van der Waals surface area contributed by atoms with Crippen LogP contribution in [0, 0.1) is 5.82 Å². The zero-order valence-corrected chi connectivity index (χ0v) is 31.1. The van der Waals surface area contributed by atoms with Gasteiger partial charge in [0.15, 0.2) is 14.1 Å². The highest BCUT2D eigenvalue weighted by molar-refractivity contribution is 6.74. The lowest BCUT2D eigenvalue weighted by atomic mass is 9.95. The number of nitrogens with one attached hydrogen (secondary N) is 1. The highest BCUT2D eigenvalue weighted by Crippen LogP contribution is 2.45. The molecule has 0 saturated carbocycles. The number of anilines is 1. The molecule has 4 saturated heterocycles. The second-order valence-corrected chi connectivity index (χ2v) is 21.5. The van der Waals surface area contributed by atoms with Gasteiger partial charge in [-0.05, 0) is 74.7 Å². The molecule has 8 nitrogen and oxygen atoms in total. The van der Waals surface area contributed by atoms with Crippen molar-refractivity contribution < 1.29 is 13.6 Å². The van der Waals surface area contributed by atoms with E-state index in [9.17, 15) is 0 Å². The van der Waals surface area contributed by atoms with Crippen LogP contribution in [-0.2, 0) is 4.43 Å². The fourth-order valence-electron chi connectivity index (χ4n) is 8.49. The minimum absolute atomic E-state index is 0.0876. The minimum atomic E-state index is -1.85. The van der Waals surface area contributed by atoms with Gasteiger partial charge < -0.3 is 19.4 Å². The molecule has 4 atom stereocenters. The van der Waals surface area contributed by atoms with Crippen LogP contribution in [0.4, 0.5) is 10.2 Å². The molecule has 2 aromatic heterocycles. The number of ether oxygens (including phenoxy) is 1. The fourth-order valence-corrected chi connectivity index (χ4v) is 9.81. The van der Waals surface area contributed by atoms with Crippen molar-refractivity contribution in [3.05, 3.63) is 53.4 Å². The first kappa shape index (κ1) is 33.3. The van der Waals surface area contributed by atoms with E-state index >= 15 is 4.39 Å². The maximum atomic E-state index is 16.9. The Balaban J connectivity index is 1.13. The molecule has 2 aromatic carbocycles. The Bertz CT molecular complexity index is 1890. The molecule has 8 rings (SSSR count). The lowest BCUT2D eigenvalue weighted by Crippen LogP contribution is -2.51. The normalized spacial score (nSPS) is 25.9. The molecule has 1 N–H and O–H groups in total. The second kappa shape index (κ2) is 12.4. The molecule has 0 spiro atoms. The van der Waals surface area contributed by atoms with E-state index in [0.29, 0.717) is 46.5 Å². The van der Waals surface area contributed by atoms with E-state index in [0.717, 1.165) is 75.5 Å². The zero-order valence-electron chi connectivity index (χ0n) is 29.4. The summed E-state index contributed by atoms with van der Waals surface area (Å²) in [5, 5.41) is 6.75. The number of hydrogen-bond donors (Lipinski definition) is 1. The molecule has 49 heavy (non-hydrogen) atoms. The monoisotopic (exact) mass is 702 g/mol. The molecule has 0 amide bonds. The van der Waals surface area contributed by atoms with Gasteiger partial charge in [0.1, 0.15) is 23.6 Å². The lowest BCUT2D eigenvalue weighted by molar-refractivity contribution is 0.0663. The summed E-state index contributed by atoms with van der Waals surface area (Å²) in [7, 11) is -1.85. The number of hydrogen-bond acceptors (Lipinski definition) is 8. The number of fused-ring (bicyclic) bond motifs is 5. The number of pyridine rings is 1.